The second-order valence-electron chi connectivity index (χ2n) is 11.8. The van der Waals surface area contributed by atoms with Crippen molar-refractivity contribution in [3.63, 3.8) is 0 Å². The number of H-pyrrole nitrogens is 2. The van der Waals surface area contributed by atoms with Crippen molar-refractivity contribution in [1.29, 1.82) is 0 Å². The number of nitrogens with zero attached hydrogens (tertiary/aromatic N) is 2. The van der Waals surface area contributed by atoms with E-state index >= 15 is 0 Å². The van der Waals surface area contributed by atoms with Crippen LogP contribution in [-0.2, 0) is 5.41 Å². The number of likely N-dealkylation sites (tertiary alicyclic amines) is 1. The maximum Gasteiger partial charge on any atom is 0.274 e. The van der Waals surface area contributed by atoms with Gasteiger partial charge in [-0.3, -0.25) is 14.4 Å². The first-order valence-corrected chi connectivity index (χ1v) is 15.6. The van der Waals surface area contributed by atoms with Crippen LogP contribution in [0.5, 0.6) is 0 Å². The maximum atomic E-state index is 13.8. The number of hydrogen-bond acceptors (Lipinski definition) is 5. The topological polar surface area (TPSA) is 101 Å². The summed E-state index contributed by atoms with van der Waals surface area (Å²) in [6, 6.07) is 17.4. The molecule has 3 aromatic heterocycles. The van der Waals surface area contributed by atoms with Crippen molar-refractivity contribution in [3.8, 4) is 0 Å². The van der Waals surface area contributed by atoms with Crippen molar-refractivity contribution in [2.45, 2.75) is 32.6 Å². The number of benzene rings is 2. The van der Waals surface area contributed by atoms with Crippen LogP contribution < -0.4 is 10.2 Å². The Bertz CT molecular complexity index is 2040. The molecule has 2 aromatic carbocycles. The average Bonchev–Trinajstić information content (AvgIpc) is 3.44. The molecule has 2 unspecified atom stereocenters. The molecule has 2 fully saturated rings. The molecule has 8 nitrogen and oxygen atoms in total. The highest BCUT2D eigenvalue weighted by Gasteiger charge is 2.68. The largest absolute Gasteiger partial charge is 0.372 e. The fraction of sp³-hybridized carbons (Fsp3) is 0.265. The van der Waals surface area contributed by atoms with E-state index < -0.39 is 0 Å². The molecular formula is C34H31N5O3S. The van der Waals surface area contributed by atoms with Crippen LogP contribution in [0.2, 0.25) is 0 Å². The van der Waals surface area contributed by atoms with Gasteiger partial charge >= 0.3 is 0 Å². The number of carbonyl (C=O) groups is 3. The molecule has 1 saturated carbocycles. The normalized spacial score (nSPS) is 20.2. The Morgan fingerprint density at radius 2 is 1.72 bits per heavy atom. The van der Waals surface area contributed by atoms with Gasteiger partial charge in [0.05, 0.1) is 5.41 Å². The van der Waals surface area contributed by atoms with Crippen molar-refractivity contribution < 1.29 is 14.4 Å². The van der Waals surface area contributed by atoms with Gasteiger partial charge in [0.15, 0.2) is 5.78 Å². The molecule has 9 heteroatoms. The minimum Gasteiger partial charge on any atom is -0.372 e. The first kappa shape index (κ1) is 26.0. The zero-order valence-corrected chi connectivity index (χ0v) is 25.0. The number of ketones is 1. The summed E-state index contributed by atoms with van der Waals surface area (Å²) < 4.78 is 0. The standard InChI is InChI=1S/C34H31N5O3S/c1-4-38(5-2)23-7-9-26-20(12-23)13-27(36-26)32(41)35-22-6-8-25-19(11-22)14-28(37-25)33(42)39-17-21-16-34(21)30(39)15-29(40)24-10-18(3)43-31(24)34/h6-15,21,36-37H,4-5,16-17H2,1-3H3,(H,35,41). The zero-order valence-electron chi connectivity index (χ0n) is 24.2. The van der Waals surface area contributed by atoms with Gasteiger partial charge in [-0.05, 0) is 87.7 Å². The predicted octanol–water partition coefficient (Wildman–Crippen LogP) is 6.61. The minimum absolute atomic E-state index is 0.0124. The van der Waals surface area contributed by atoms with Gasteiger partial charge < -0.3 is 25.1 Å². The summed E-state index contributed by atoms with van der Waals surface area (Å²) in [5.74, 6) is -0.0226. The van der Waals surface area contributed by atoms with E-state index in [9.17, 15) is 14.4 Å². The van der Waals surface area contributed by atoms with E-state index in [1.807, 2.05) is 49.4 Å². The van der Waals surface area contributed by atoms with Crippen LogP contribution in [0, 0.1) is 12.8 Å². The third kappa shape index (κ3) is 3.84. The number of allylic oxidation sites excluding steroid dienone is 2. The smallest absolute Gasteiger partial charge is 0.274 e. The highest BCUT2D eigenvalue weighted by molar-refractivity contribution is 7.12. The number of aryl methyl sites for hydroxylation is 1. The molecule has 3 aliphatic rings. The summed E-state index contributed by atoms with van der Waals surface area (Å²) in [6.07, 6.45) is 2.68. The van der Waals surface area contributed by atoms with E-state index in [1.54, 1.807) is 22.3 Å². The van der Waals surface area contributed by atoms with Gasteiger partial charge in [0, 0.05) is 79.9 Å². The molecule has 5 aromatic rings. The molecular weight excluding hydrogens is 558 g/mol. The number of aromatic nitrogens is 2. The number of carbonyl (C=O) groups excluding carboxylic acids is 3. The predicted molar refractivity (Wildman–Crippen MR) is 170 cm³/mol. The number of amides is 2. The number of thiophene rings is 1. The van der Waals surface area contributed by atoms with Gasteiger partial charge in [-0.2, -0.15) is 0 Å². The zero-order chi connectivity index (χ0) is 29.6. The monoisotopic (exact) mass is 589 g/mol. The molecule has 2 amide bonds. The summed E-state index contributed by atoms with van der Waals surface area (Å²) >= 11 is 1.69. The molecule has 1 spiro atoms. The van der Waals surface area contributed by atoms with Gasteiger partial charge in [0.1, 0.15) is 11.4 Å². The Morgan fingerprint density at radius 3 is 2.51 bits per heavy atom. The lowest BCUT2D eigenvalue weighted by molar-refractivity contribution is 0.0806. The molecule has 1 aliphatic heterocycles. The van der Waals surface area contributed by atoms with E-state index in [2.05, 4.69) is 46.2 Å². The molecule has 2 atom stereocenters. The average molecular weight is 590 g/mol. The van der Waals surface area contributed by atoms with E-state index in [0.717, 1.165) is 68.0 Å². The third-order valence-electron chi connectivity index (χ3n) is 9.38. The van der Waals surface area contributed by atoms with Crippen LogP contribution in [-0.4, -0.2) is 52.1 Å². The first-order chi connectivity index (χ1) is 20.8. The first-order valence-electron chi connectivity index (χ1n) is 14.8. The molecule has 4 heterocycles. The van der Waals surface area contributed by atoms with Crippen molar-refractivity contribution in [3.05, 3.63) is 93.1 Å². The van der Waals surface area contributed by atoms with Crippen molar-refractivity contribution in [1.82, 2.24) is 14.9 Å². The molecule has 1 saturated heterocycles. The highest BCUT2D eigenvalue weighted by atomic mass is 32.1. The summed E-state index contributed by atoms with van der Waals surface area (Å²) in [4.78, 5) is 52.7. The van der Waals surface area contributed by atoms with E-state index in [4.69, 9.17) is 0 Å². The van der Waals surface area contributed by atoms with Crippen molar-refractivity contribution in [2.75, 3.05) is 29.9 Å². The van der Waals surface area contributed by atoms with Crippen molar-refractivity contribution >= 4 is 62.1 Å². The Labute approximate surface area is 252 Å². The molecule has 2 aliphatic carbocycles. The lowest BCUT2D eigenvalue weighted by Gasteiger charge is -2.27. The fourth-order valence-electron chi connectivity index (χ4n) is 7.14. The highest BCUT2D eigenvalue weighted by Crippen LogP contribution is 2.68. The molecule has 3 N–H and O–H groups in total. The van der Waals surface area contributed by atoms with E-state index in [-0.39, 0.29) is 23.0 Å². The summed E-state index contributed by atoms with van der Waals surface area (Å²) in [5, 5.41) is 4.80. The van der Waals surface area contributed by atoms with Crippen LogP contribution in [0.1, 0.15) is 61.4 Å². The van der Waals surface area contributed by atoms with Gasteiger partial charge in [0.25, 0.3) is 11.8 Å². The number of anilines is 2. The molecule has 43 heavy (non-hydrogen) atoms. The van der Waals surface area contributed by atoms with Crippen LogP contribution in [0.25, 0.3) is 21.8 Å². The van der Waals surface area contributed by atoms with Crippen LogP contribution >= 0.6 is 11.3 Å². The van der Waals surface area contributed by atoms with Crippen molar-refractivity contribution in [2.24, 2.45) is 5.92 Å². The quantitative estimate of drug-likeness (QED) is 0.207. The summed E-state index contributed by atoms with van der Waals surface area (Å²) in [5.41, 5.74) is 5.90. The number of hydrogen-bond donors (Lipinski definition) is 3. The third-order valence-corrected chi connectivity index (χ3v) is 10.6. The minimum atomic E-state index is -0.231. The number of aromatic amines is 2. The molecule has 8 rings (SSSR count). The van der Waals surface area contributed by atoms with Crippen LogP contribution in [0.4, 0.5) is 11.4 Å². The summed E-state index contributed by atoms with van der Waals surface area (Å²) in [6.45, 7) is 8.75. The van der Waals surface area contributed by atoms with Gasteiger partial charge in [-0.1, -0.05) is 0 Å². The fourth-order valence-corrected chi connectivity index (χ4v) is 8.45. The molecule has 0 radical (unpaired) electrons. The molecule has 216 valence electrons. The van der Waals surface area contributed by atoms with Crippen LogP contribution in [0.15, 0.2) is 66.4 Å². The van der Waals surface area contributed by atoms with E-state index in [0.29, 0.717) is 29.5 Å². The number of nitrogens with one attached hydrogen (secondary N) is 3. The lowest BCUT2D eigenvalue weighted by Crippen LogP contribution is -2.33. The van der Waals surface area contributed by atoms with E-state index in [1.165, 1.54) is 0 Å². The maximum absolute atomic E-state index is 13.8. The van der Waals surface area contributed by atoms with Gasteiger partial charge in [-0.25, -0.2) is 0 Å². The lowest BCUT2D eigenvalue weighted by atomic mass is 9.88. The second-order valence-corrected chi connectivity index (χ2v) is 13.1. The Morgan fingerprint density at radius 1 is 1.00 bits per heavy atom. The van der Waals surface area contributed by atoms with Gasteiger partial charge in [-0.15, -0.1) is 11.3 Å². The number of piperidine rings is 1. The Kier molecular flexibility index (Phi) is 5.56. The van der Waals surface area contributed by atoms with Crippen LogP contribution in [0.3, 0.4) is 0 Å². The summed E-state index contributed by atoms with van der Waals surface area (Å²) in [7, 11) is 0. The number of fused-ring (bicyclic) bond motifs is 3. The number of rotatable bonds is 6. The Hall–Kier alpha value is -4.63. The second kappa shape index (κ2) is 9.18. The molecule has 0 bridgehead atoms. The SMILES string of the molecule is CCN(CC)c1ccc2[nH]c(C(=O)Nc3ccc4[nH]c(C(=O)N5CC6CC67C5=CC(=O)c5cc(C)sc57)cc4c3)cc2c1. The Balaban J connectivity index is 1.02. The van der Waals surface area contributed by atoms with Gasteiger partial charge in [0.2, 0.25) is 0 Å².